The van der Waals surface area contributed by atoms with Crippen molar-refractivity contribution in [1.82, 2.24) is 9.97 Å². The molecule has 2 aromatic carbocycles. The van der Waals surface area contributed by atoms with Gasteiger partial charge in [-0.05, 0) is 42.3 Å². The van der Waals surface area contributed by atoms with Crippen LogP contribution in [0.4, 0.5) is 17.6 Å². The molecule has 3 nitrogen and oxygen atoms in total. The van der Waals surface area contributed by atoms with E-state index in [0.717, 1.165) is 16.6 Å². The van der Waals surface area contributed by atoms with Crippen LogP contribution in [0.25, 0.3) is 11.0 Å². The number of alkyl halides is 3. The van der Waals surface area contributed by atoms with Gasteiger partial charge in [0.2, 0.25) is 0 Å². The van der Waals surface area contributed by atoms with Crippen LogP contribution in [-0.2, 0) is 12.6 Å². The number of hydrogen-bond acceptors (Lipinski definition) is 3. The summed E-state index contributed by atoms with van der Waals surface area (Å²) in [5.41, 5.74) is 6.79. The molecule has 0 amide bonds. The quantitative estimate of drug-likeness (QED) is 0.627. The maximum Gasteiger partial charge on any atom is 0.419 e. The summed E-state index contributed by atoms with van der Waals surface area (Å²) in [7, 11) is 0. The van der Waals surface area contributed by atoms with E-state index in [0.29, 0.717) is 16.7 Å². The van der Waals surface area contributed by atoms with E-state index in [2.05, 4.69) is 25.9 Å². The summed E-state index contributed by atoms with van der Waals surface area (Å²) in [4.78, 5) is 8.66. The lowest BCUT2D eigenvalue weighted by Gasteiger charge is -2.14. The molecule has 1 heterocycles. The average molecular weight is 414 g/mol. The molecule has 0 aliphatic rings. The van der Waals surface area contributed by atoms with Crippen LogP contribution in [-0.4, -0.2) is 9.97 Å². The molecule has 0 bridgehead atoms. The van der Waals surface area contributed by atoms with Crippen LogP contribution >= 0.6 is 15.9 Å². The van der Waals surface area contributed by atoms with Gasteiger partial charge in [0.15, 0.2) is 0 Å². The molecule has 3 rings (SSSR count). The van der Waals surface area contributed by atoms with Crippen molar-refractivity contribution < 1.29 is 17.6 Å². The third-order valence-electron chi connectivity index (χ3n) is 3.69. The molecule has 2 N–H and O–H groups in total. The number of nitrogens with zero attached hydrogens (tertiary/aromatic N) is 2. The van der Waals surface area contributed by atoms with Gasteiger partial charge in [0, 0.05) is 4.47 Å². The molecule has 1 aromatic heterocycles. The van der Waals surface area contributed by atoms with E-state index in [1.807, 2.05) is 6.07 Å². The first kappa shape index (κ1) is 17.8. The minimum atomic E-state index is -4.75. The lowest BCUT2D eigenvalue weighted by atomic mass is 10.0. The summed E-state index contributed by atoms with van der Waals surface area (Å²) in [6, 6.07) is 7.58. The van der Waals surface area contributed by atoms with E-state index in [4.69, 9.17) is 5.73 Å². The molecular weight excluding hydrogens is 402 g/mol. The molecule has 0 radical (unpaired) electrons. The Balaban J connectivity index is 1.87. The van der Waals surface area contributed by atoms with Gasteiger partial charge in [-0.3, -0.25) is 4.98 Å². The average Bonchev–Trinajstić information content (AvgIpc) is 2.55. The van der Waals surface area contributed by atoms with Gasteiger partial charge in [0.1, 0.15) is 5.82 Å². The molecule has 130 valence electrons. The molecule has 8 heteroatoms. The van der Waals surface area contributed by atoms with E-state index in [9.17, 15) is 17.6 Å². The number of rotatable bonds is 3. The predicted octanol–water partition coefficient (Wildman–Crippen LogP) is 4.79. The fourth-order valence-corrected chi connectivity index (χ4v) is 2.80. The third kappa shape index (κ3) is 3.96. The summed E-state index contributed by atoms with van der Waals surface area (Å²) < 4.78 is 52.6. The molecule has 0 saturated heterocycles. The second kappa shape index (κ2) is 6.68. The van der Waals surface area contributed by atoms with E-state index in [1.165, 1.54) is 12.3 Å². The van der Waals surface area contributed by atoms with E-state index >= 15 is 0 Å². The van der Waals surface area contributed by atoms with E-state index < -0.39 is 23.6 Å². The fraction of sp³-hybridized carbons (Fsp3) is 0.176. The Hall–Kier alpha value is -2.06. The Bertz CT molecular complexity index is 927. The molecule has 0 saturated carbocycles. The van der Waals surface area contributed by atoms with Crippen LogP contribution in [0.2, 0.25) is 0 Å². The summed E-state index contributed by atoms with van der Waals surface area (Å²) in [5.74, 6) is -1.30. The highest BCUT2D eigenvalue weighted by Crippen LogP contribution is 2.32. The first-order chi connectivity index (χ1) is 11.7. The minimum absolute atomic E-state index is 0.0834. The number of fused-ring (bicyclic) bond motifs is 1. The summed E-state index contributed by atoms with van der Waals surface area (Å²) in [6.07, 6.45) is -3.17. The number of benzene rings is 2. The van der Waals surface area contributed by atoms with Crippen LogP contribution in [0.3, 0.4) is 0 Å². The van der Waals surface area contributed by atoms with E-state index in [-0.39, 0.29) is 12.0 Å². The largest absolute Gasteiger partial charge is 0.419 e. The van der Waals surface area contributed by atoms with Crippen LogP contribution < -0.4 is 5.73 Å². The van der Waals surface area contributed by atoms with Crippen molar-refractivity contribution in [2.24, 2.45) is 5.73 Å². The summed E-state index contributed by atoms with van der Waals surface area (Å²) in [6.45, 7) is 0. The maximum atomic E-state index is 13.4. The predicted molar refractivity (Wildman–Crippen MR) is 89.3 cm³/mol. The van der Waals surface area contributed by atoms with Crippen molar-refractivity contribution in [3.8, 4) is 0 Å². The van der Waals surface area contributed by atoms with Gasteiger partial charge in [-0.15, -0.1) is 0 Å². The number of halogens is 5. The number of hydrogen-bond donors (Lipinski definition) is 1. The minimum Gasteiger partial charge on any atom is -0.322 e. The highest BCUT2D eigenvalue weighted by Gasteiger charge is 2.34. The van der Waals surface area contributed by atoms with E-state index in [1.54, 1.807) is 12.1 Å². The van der Waals surface area contributed by atoms with Gasteiger partial charge in [0.05, 0.1) is 34.5 Å². The Morgan fingerprint density at radius 3 is 2.56 bits per heavy atom. The maximum absolute atomic E-state index is 13.4. The number of nitrogens with two attached hydrogens (primary N) is 1. The van der Waals surface area contributed by atoms with Crippen molar-refractivity contribution in [3.05, 3.63) is 69.7 Å². The molecule has 0 fully saturated rings. The van der Waals surface area contributed by atoms with Gasteiger partial charge >= 0.3 is 6.18 Å². The third-order valence-corrected chi connectivity index (χ3v) is 4.19. The zero-order chi connectivity index (χ0) is 18.2. The molecule has 25 heavy (non-hydrogen) atoms. The molecule has 0 spiro atoms. The summed E-state index contributed by atoms with van der Waals surface area (Å²) >= 11 is 3.34. The molecule has 1 unspecified atom stereocenters. The lowest BCUT2D eigenvalue weighted by Crippen LogP contribution is -2.16. The highest BCUT2D eigenvalue weighted by atomic mass is 79.9. The lowest BCUT2D eigenvalue weighted by molar-refractivity contribution is -0.140. The van der Waals surface area contributed by atoms with Crippen LogP contribution in [0, 0.1) is 5.82 Å². The number of aromatic nitrogens is 2. The van der Waals surface area contributed by atoms with Crippen LogP contribution in [0.1, 0.15) is 22.9 Å². The van der Waals surface area contributed by atoms with Crippen molar-refractivity contribution in [2.75, 3.05) is 0 Å². The zero-order valence-electron chi connectivity index (χ0n) is 12.7. The monoisotopic (exact) mass is 413 g/mol. The topological polar surface area (TPSA) is 51.8 Å². The molecular formula is C17H12BrF4N3. The van der Waals surface area contributed by atoms with Gasteiger partial charge in [0.25, 0.3) is 0 Å². The normalized spacial score (nSPS) is 13.2. The van der Waals surface area contributed by atoms with Crippen LogP contribution in [0.5, 0.6) is 0 Å². The van der Waals surface area contributed by atoms with Crippen molar-refractivity contribution in [3.63, 3.8) is 0 Å². The second-order valence-electron chi connectivity index (χ2n) is 5.55. The molecule has 0 aliphatic heterocycles. The zero-order valence-corrected chi connectivity index (χ0v) is 14.3. The van der Waals surface area contributed by atoms with Crippen molar-refractivity contribution in [2.45, 2.75) is 18.6 Å². The first-order valence-corrected chi connectivity index (χ1v) is 8.07. The standard InChI is InChI=1S/C17H12BrF4N3/c18-10-2-4-14-15(7-10)24-8-16(25-14)13(23)6-9-1-3-12(19)11(5-9)17(20,21)22/h1-5,7-8,13H,6,23H2. The Morgan fingerprint density at radius 2 is 1.84 bits per heavy atom. The Labute approximate surface area is 149 Å². The van der Waals surface area contributed by atoms with Gasteiger partial charge in [-0.25, -0.2) is 9.37 Å². The summed E-state index contributed by atoms with van der Waals surface area (Å²) in [5, 5.41) is 0. The molecule has 1 atom stereocenters. The highest BCUT2D eigenvalue weighted by molar-refractivity contribution is 9.10. The van der Waals surface area contributed by atoms with Gasteiger partial charge in [-0.1, -0.05) is 22.0 Å². The Kier molecular flexibility index (Phi) is 4.75. The Morgan fingerprint density at radius 1 is 1.08 bits per heavy atom. The first-order valence-electron chi connectivity index (χ1n) is 7.27. The SMILES string of the molecule is NC(Cc1ccc(F)c(C(F)(F)F)c1)c1cnc2cc(Br)ccc2n1. The fourth-order valence-electron chi connectivity index (χ4n) is 2.45. The second-order valence-corrected chi connectivity index (χ2v) is 6.47. The van der Waals surface area contributed by atoms with Gasteiger partial charge < -0.3 is 5.73 Å². The van der Waals surface area contributed by atoms with Crippen molar-refractivity contribution in [1.29, 1.82) is 0 Å². The van der Waals surface area contributed by atoms with Crippen LogP contribution in [0.15, 0.2) is 47.1 Å². The van der Waals surface area contributed by atoms with Gasteiger partial charge in [-0.2, -0.15) is 13.2 Å². The molecule has 0 aliphatic carbocycles. The smallest absolute Gasteiger partial charge is 0.322 e. The molecule has 3 aromatic rings. The van der Waals surface area contributed by atoms with Crippen molar-refractivity contribution >= 4 is 27.0 Å².